The van der Waals surface area contributed by atoms with Gasteiger partial charge in [-0.25, -0.2) is 19.9 Å². The van der Waals surface area contributed by atoms with Crippen LogP contribution >= 0.6 is 0 Å². The number of nitrogens with zero attached hydrogens (tertiary/aromatic N) is 6. The van der Waals surface area contributed by atoms with Gasteiger partial charge in [-0.15, -0.1) is 0 Å². The second-order valence-electron chi connectivity index (χ2n) is 7.10. The lowest BCUT2D eigenvalue weighted by molar-refractivity contribution is 0.100. The monoisotopic (exact) mass is 415 g/mol. The Morgan fingerprint density at radius 2 is 1.94 bits per heavy atom. The molecule has 1 amide bonds. The molecule has 0 spiro atoms. The van der Waals surface area contributed by atoms with Gasteiger partial charge in [0.25, 0.3) is 5.91 Å². The van der Waals surface area contributed by atoms with Gasteiger partial charge in [-0.05, 0) is 25.0 Å². The van der Waals surface area contributed by atoms with Gasteiger partial charge in [-0.3, -0.25) is 4.79 Å². The van der Waals surface area contributed by atoms with Gasteiger partial charge in [0.05, 0.1) is 23.6 Å². The van der Waals surface area contributed by atoms with Crippen LogP contribution in [0.1, 0.15) is 28.9 Å². The summed E-state index contributed by atoms with van der Waals surface area (Å²) < 4.78 is 0. The Kier molecular flexibility index (Phi) is 5.84. The summed E-state index contributed by atoms with van der Waals surface area (Å²) in [7, 11) is 0. The van der Waals surface area contributed by atoms with Gasteiger partial charge in [0.2, 0.25) is 0 Å². The van der Waals surface area contributed by atoms with Crippen molar-refractivity contribution in [3.05, 3.63) is 60.3 Å². The molecule has 0 radical (unpaired) electrons. The van der Waals surface area contributed by atoms with Crippen molar-refractivity contribution in [1.82, 2.24) is 19.9 Å². The summed E-state index contributed by atoms with van der Waals surface area (Å²) in [5, 5.41) is 15.4. The van der Waals surface area contributed by atoms with Crippen LogP contribution < -0.4 is 21.3 Å². The van der Waals surface area contributed by atoms with Crippen molar-refractivity contribution >= 4 is 29.0 Å². The lowest BCUT2D eigenvalue weighted by Gasteiger charge is -2.33. The van der Waals surface area contributed by atoms with Gasteiger partial charge in [0.15, 0.2) is 5.69 Å². The number of carbonyl (C=O) groups is 1. The van der Waals surface area contributed by atoms with Crippen LogP contribution in [0, 0.1) is 11.3 Å². The fourth-order valence-corrected chi connectivity index (χ4v) is 3.42. The van der Waals surface area contributed by atoms with Crippen LogP contribution in [0.15, 0.2) is 49.1 Å². The number of carbonyl (C=O) groups excluding carboxylic acids is 1. The summed E-state index contributed by atoms with van der Waals surface area (Å²) in [6.45, 7) is 1.54. The summed E-state index contributed by atoms with van der Waals surface area (Å²) in [6, 6.07) is 9.44. The number of anilines is 4. The molecular weight excluding hydrogens is 394 g/mol. The molecule has 0 unspecified atom stereocenters. The highest BCUT2D eigenvalue weighted by atomic mass is 16.1. The molecular formula is C21H21N9O. The van der Waals surface area contributed by atoms with Crippen molar-refractivity contribution in [3.8, 4) is 6.07 Å². The molecule has 156 valence electrons. The summed E-state index contributed by atoms with van der Waals surface area (Å²) >= 11 is 0. The third-order valence-electron chi connectivity index (χ3n) is 5.02. The Hall–Kier alpha value is -4.26. The smallest absolute Gasteiger partial charge is 0.252 e. The first-order valence-electron chi connectivity index (χ1n) is 9.84. The highest BCUT2D eigenvalue weighted by Crippen LogP contribution is 2.25. The minimum Gasteiger partial charge on any atom is -0.381 e. The molecule has 1 aliphatic heterocycles. The number of rotatable bonds is 6. The lowest BCUT2D eigenvalue weighted by Crippen LogP contribution is -2.39. The van der Waals surface area contributed by atoms with E-state index < -0.39 is 5.91 Å². The van der Waals surface area contributed by atoms with E-state index in [0.717, 1.165) is 31.7 Å². The second kappa shape index (κ2) is 9.04. The van der Waals surface area contributed by atoms with Gasteiger partial charge in [-0.1, -0.05) is 6.07 Å². The molecule has 1 saturated heterocycles. The van der Waals surface area contributed by atoms with E-state index in [-0.39, 0.29) is 6.04 Å². The minimum atomic E-state index is -0.537. The van der Waals surface area contributed by atoms with Gasteiger partial charge in [0.1, 0.15) is 23.5 Å². The topological polar surface area (TPSA) is 146 Å². The Labute approximate surface area is 179 Å². The number of amides is 1. The SMILES string of the molecule is N#Cc1cnc(N2CCC(Nc3cc(Nc4ccccn4)ncc3C(N)=O)CC2)cn1. The standard InChI is InChI=1S/C21H21N9O/c22-10-15-11-27-20(13-25-15)30-7-4-14(5-8-30)28-17-9-19(26-12-16(17)21(23)31)29-18-3-1-2-6-24-18/h1-3,6,9,11-14H,4-5,7-8H2,(H2,23,31)(H2,24,26,28,29). The maximum atomic E-state index is 11.9. The zero-order valence-corrected chi connectivity index (χ0v) is 16.7. The number of primary amides is 1. The summed E-state index contributed by atoms with van der Waals surface area (Å²) in [5.74, 6) is 1.44. The summed E-state index contributed by atoms with van der Waals surface area (Å²) in [6.07, 6.45) is 7.93. The zero-order chi connectivity index (χ0) is 21.6. The largest absolute Gasteiger partial charge is 0.381 e. The molecule has 0 aromatic carbocycles. The minimum absolute atomic E-state index is 0.158. The Morgan fingerprint density at radius 3 is 2.58 bits per heavy atom. The van der Waals surface area contributed by atoms with E-state index in [2.05, 4.69) is 35.5 Å². The van der Waals surface area contributed by atoms with Crippen molar-refractivity contribution in [3.63, 3.8) is 0 Å². The van der Waals surface area contributed by atoms with Crippen molar-refractivity contribution < 1.29 is 4.79 Å². The molecule has 3 aromatic rings. The van der Waals surface area contributed by atoms with Crippen LogP contribution in [0.4, 0.5) is 23.1 Å². The van der Waals surface area contributed by atoms with Crippen LogP contribution in [0.3, 0.4) is 0 Å². The number of nitrogens with one attached hydrogen (secondary N) is 2. The average molecular weight is 415 g/mol. The number of hydrogen-bond acceptors (Lipinski definition) is 9. The molecule has 4 heterocycles. The molecule has 1 aliphatic rings. The van der Waals surface area contributed by atoms with Gasteiger partial charge in [0, 0.05) is 37.6 Å². The Bertz CT molecular complexity index is 1090. The molecule has 10 nitrogen and oxygen atoms in total. The molecule has 1 fully saturated rings. The zero-order valence-electron chi connectivity index (χ0n) is 16.7. The molecule has 4 N–H and O–H groups in total. The summed E-state index contributed by atoms with van der Waals surface area (Å²) in [4.78, 5) is 30.9. The van der Waals surface area contributed by atoms with Crippen molar-refractivity contribution in [1.29, 1.82) is 5.26 Å². The van der Waals surface area contributed by atoms with Crippen molar-refractivity contribution in [2.24, 2.45) is 5.73 Å². The molecule has 0 saturated carbocycles. The molecule has 31 heavy (non-hydrogen) atoms. The van der Waals surface area contributed by atoms with Crippen molar-refractivity contribution in [2.45, 2.75) is 18.9 Å². The van der Waals surface area contributed by atoms with Crippen LogP contribution in [0.5, 0.6) is 0 Å². The Balaban J connectivity index is 1.43. The second-order valence-corrected chi connectivity index (χ2v) is 7.10. The van der Waals surface area contributed by atoms with E-state index >= 15 is 0 Å². The molecule has 4 rings (SSSR count). The van der Waals surface area contributed by atoms with Crippen LogP contribution in [-0.4, -0.2) is 45.0 Å². The van der Waals surface area contributed by atoms with Gasteiger partial charge < -0.3 is 21.3 Å². The molecule has 0 atom stereocenters. The molecule has 0 bridgehead atoms. The van der Waals surface area contributed by atoms with Crippen molar-refractivity contribution in [2.75, 3.05) is 28.6 Å². The number of hydrogen-bond donors (Lipinski definition) is 3. The number of nitrogens with two attached hydrogens (primary N) is 1. The number of piperidine rings is 1. The predicted molar refractivity (Wildman–Crippen MR) is 116 cm³/mol. The molecule has 0 aliphatic carbocycles. The summed E-state index contributed by atoms with van der Waals surface area (Å²) in [5.41, 5.74) is 6.82. The lowest BCUT2D eigenvalue weighted by atomic mass is 10.0. The highest BCUT2D eigenvalue weighted by molar-refractivity contribution is 5.98. The molecule has 10 heteroatoms. The fraction of sp³-hybridized carbons (Fsp3) is 0.238. The Morgan fingerprint density at radius 1 is 1.10 bits per heavy atom. The number of pyridine rings is 2. The quantitative estimate of drug-likeness (QED) is 0.550. The van der Waals surface area contributed by atoms with E-state index in [1.807, 2.05) is 24.3 Å². The first kappa shape index (κ1) is 20.0. The van der Waals surface area contributed by atoms with Crippen LogP contribution in [0.2, 0.25) is 0 Å². The first-order chi connectivity index (χ1) is 15.1. The maximum absolute atomic E-state index is 11.9. The average Bonchev–Trinajstić information content (AvgIpc) is 2.80. The van der Waals surface area contributed by atoms with E-state index in [1.54, 1.807) is 18.5 Å². The van der Waals surface area contributed by atoms with Gasteiger partial charge in [-0.2, -0.15) is 5.26 Å². The maximum Gasteiger partial charge on any atom is 0.252 e. The normalized spacial score (nSPS) is 14.0. The van der Waals surface area contributed by atoms with E-state index in [9.17, 15) is 4.79 Å². The third-order valence-corrected chi connectivity index (χ3v) is 5.02. The van der Waals surface area contributed by atoms with Gasteiger partial charge >= 0.3 is 0 Å². The fourth-order valence-electron chi connectivity index (χ4n) is 3.42. The van der Waals surface area contributed by atoms with E-state index in [4.69, 9.17) is 11.0 Å². The predicted octanol–water partition coefficient (Wildman–Crippen LogP) is 2.06. The van der Waals surface area contributed by atoms with Crippen LogP contribution in [-0.2, 0) is 0 Å². The number of nitriles is 1. The molecule has 3 aromatic heterocycles. The van der Waals surface area contributed by atoms with Crippen LogP contribution in [0.25, 0.3) is 0 Å². The third kappa shape index (κ3) is 4.84. The van der Waals surface area contributed by atoms with E-state index in [0.29, 0.717) is 28.6 Å². The highest BCUT2D eigenvalue weighted by Gasteiger charge is 2.22. The first-order valence-corrected chi connectivity index (χ1v) is 9.84. The number of aromatic nitrogens is 4. The van der Waals surface area contributed by atoms with E-state index in [1.165, 1.54) is 12.4 Å².